The van der Waals surface area contributed by atoms with Gasteiger partial charge in [0.1, 0.15) is 5.56 Å². The number of nitrogens with two attached hydrogens (primary N) is 1. The molecule has 0 spiro atoms. The highest BCUT2D eigenvalue weighted by Gasteiger charge is 2.30. The van der Waals surface area contributed by atoms with Gasteiger partial charge in [0.2, 0.25) is 0 Å². The molecule has 2 aliphatic heterocycles. The van der Waals surface area contributed by atoms with Crippen LogP contribution in [0.5, 0.6) is 0 Å². The van der Waals surface area contributed by atoms with E-state index in [0.717, 1.165) is 62.0 Å². The Kier molecular flexibility index (Phi) is 4.68. The minimum atomic E-state index is -0.569. The maximum absolute atomic E-state index is 13.4. The van der Waals surface area contributed by atoms with Gasteiger partial charge in [-0.3, -0.25) is 14.7 Å². The fourth-order valence-corrected chi connectivity index (χ4v) is 3.84. The van der Waals surface area contributed by atoms with Crippen LogP contribution in [0.2, 0.25) is 0 Å². The summed E-state index contributed by atoms with van der Waals surface area (Å²) in [5.41, 5.74) is 7.66. The van der Waals surface area contributed by atoms with Crippen LogP contribution in [0.1, 0.15) is 10.4 Å². The van der Waals surface area contributed by atoms with Crippen molar-refractivity contribution in [3.05, 3.63) is 42.2 Å². The second-order valence-electron chi connectivity index (χ2n) is 7.36. The Morgan fingerprint density at radius 3 is 2.77 bits per heavy atom. The summed E-state index contributed by atoms with van der Waals surface area (Å²) in [4.78, 5) is 25.8. The molecular weight excluding hydrogens is 391 g/mol. The van der Waals surface area contributed by atoms with Gasteiger partial charge in [0.25, 0.3) is 5.91 Å². The highest BCUT2D eigenvalue weighted by Crippen LogP contribution is 2.28. The molecule has 3 N–H and O–H groups in total. The maximum Gasteiger partial charge on any atom is 0.263 e. The standard InChI is InChI=1S/C19H21FN8O2/c20-12-7-23-18-16(17(21)25-28(18)9-12)19(29)24-14-1-2-22-8-15(14)27-5-3-26(4-6-27)13-10-30-11-13/h1-2,7-9,13H,3-6,10-11H2,(H2,21,25)(H,22,24,29). The topological polar surface area (TPSA) is 114 Å². The first kappa shape index (κ1) is 18.7. The van der Waals surface area contributed by atoms with Gasteiger partial charge in [0, 0.05) is 32.4 Å². The van der Waals surface area contributed by atoms with Crippen LogP contribution in [0.4, 0.5) is 21.6 Å². The summed E-state index contributed by atoms with van der Waals surface area (Å²) in [7, 11) is 0. The number of carbonyl (C=O) groups is 1. The average molecular weight is 412 g/mol. The van der Waals surface area contributed by atoms with Crippen LogP contribution in [0, 0.1) is 5.82 Å². The normalized spacial score (nSPS) is 17.8. The monoisotopic (exact) mass is 412 g/mol. The van der Waals surface area contributed by atoms with Gasteiger partial charge in [-0.1, -0.05) is 0 Å². The number of pyridine rings is 1. The Morgan fingerprint density at radius 2 is 2.03 bits per heavy atom. The van der Waals surface area contributed by atoms with E-state index in [4.69, 9.17) is 10.5 Å². The van der Waals surface area contributed by atoms with Crippen molar-refractivity contribution in [2.45, 2.75) is 6.04 Å². The number of aromatic nitrogens is 4. The Morgan fingerprint density at radius 1 is 1.23 bits per heavy atom. The van der Waals surface area contributed by atoms with Gasteiger partial charge in [-0.25, -0.2) is 13.9 Å². The molecule has 0 radical (unpaired) electrons. The van der Waals surface area contributed by atoms with Crippen molar-refractivity contribution in [1.29, 1.82) is 0 Å². The van der Waals surface area contributed by atoms with E-state index in [-0.39, 0.29) is 17.0 Å². The number of nitrogens with zero attached hydrogens (tertiary/aromatic N) is 6. The SMILES string of the molecule is Nc1nn2cc(F)cnc2c1C(=O)Nc1ccncc1N1CCN(C2COC2)CC1. The Balaban J connectivity index is 1.36. The first-order valence-corrected chi connectivity index (χ1v) is 9.71. The third-order valence-electron chi connectivity index (χ3n) is 5.54. The number of piperazine rings is 1. The van der Waals surface area contributed by atoms with E-state index >= 15 is 0 Å². The molecule has 156 valence electrons. The van der Waals surface area contributed by atoms with Gasteiger partial charge in [0.15, 0.2) is 17.3 Å². The molecule has 3 aromatic heterocycles. The number of halogens is 1. The fraction of sp³-hybridized carbons (Fsp3) is 0.368. The van der Waals surface area contributed by atoms with E-state index in [0.29, 0.717) is 11.7 Å². The van der Waals surface area contributed by atoms with E-state index in [2.05, 4.69) is 30.2 Å². The van der Waals surface area contributed by atoms with Crippen LogP contribution in [0.3, 0.4) is 0 Å². The molecule has 3 aromatic rings. The molecule has 0 bridgehead atoms. The number of amides is 1. The molecule has 11 heteroatoms. The van der Waals surface area contributed by atoms with E-state index < -0.39 is 11.7 Å². The molecule has 30 heavy (non-hydrogen) atoms. The number of ether oxygens (including phenoxy) is 1. The van der Waals surface area contributed by atoms with Crippen molar-refractivity contribution in [2.24, 2.45) is 0 Å². The lowest BCUT2D eigenvalue weighted by atomic mass is 10.1. The Hall–Kier alpha value is -3.31. The van der Waals surface area contributed by atoms with Crippen LogP contribution in [0.25, 0.3) is 5.65 Å². The molecule has 1 amide bonds. The number of nitrogens with one attached hydrogen (secondary N) is 1. The molecule has 0 aromatic carbocycles. The van der Waals surface area contributed by atoms with Crippen molar-refractivity contribution in [1.82, 2.24) is 24.5 Å². The quantitative estimate of drug-likeness (QED) is 0.641. The van der Waals surface area contributed by atoms with Gasteiger partial charge in [0.05, 0.1) is 49.2 Å². The molecule has 0 saturated carbocycles. The first-order valence-electron chi connectivity index (χ1n) is 9.71. The van der Waals surface area contributed by atoms with Crippen molar-refractivity contribution < 1.29 is 13.9 Å². The number of carbonyl (C=O) groups excluding carboxylic acids is 1. The molecule has 10 nitrogen and oxygen atoms in total. The lowest BCUT2D eigenvalue weighted by Gasteiger charge is -2.43. The lowest BCUT2D eigenvalue weighted by Crippen LogP contribution is -2.56. The van der Waals surface area contributed by atoms with Gasteiger partial charge < -0.3 is 20.7 Å². The third kappa shape index (κ3) is 3.31. The van der Waals surface area contributed by atoms with Crippen molar-refractivity contribution in [3.63, 3.8) is 0 Å². The molecule has 0 unspecified atom stereocenters. The van der Waals surface area contributed by atoms with E-state index in [1.165, 1.54) is 0 Å². The minimum Gasteiger partial charge on any atom is -0.381 e. The number of nitrogen functional groups attached to an aromatic ring is 1. The zero-order chi connectivity index (χ0) is 20.7. The van der Waals surface area contributed by atoms with Gasteiger partial charge in [-0.05, 0) is 6.07 Å². The Bertz CT molecular complexity index is 1090. The molecule has 5 rings (SSSR count). The second kappa shape index (κ2) is 7.50. The van der Waals surface area contributed by atoms with Crippen LogP contribution in [-0.4, -0.2) is 75.8 Å². The predicted octanol–water partition coefficient (Wildman–Crippen LogP) is 0.619. The summed E-state index contributed by atoms with van der Waals surface area (Å²) in [6.07, 6.45) is 5.51. The van der Waals surface area contributed by atoms with Crippen molar-refractivity contribution >= 4 is 28.7 Å². The van der Waals surface area contributed by atoms with Crippen LogP contribution < -0.4 is 16.0 Å². The molecule has 0 atom stereocenters. The number of hydrogen-bond acceptors (Lipinski definition) is 8. The van der Waals surface area contributed by atoms with Crippen LogP contribution >= 0.6 is 0 Å². The average Bonchev–Trinajstić information content (AvgIpc) is 3.02. The van der Waals surface area contributed by atoms with Crippen LogP contribution in [0.15, 0.2) is 30.9 Å². The van der Waals surface area contributed by atoms with Gasteiger partial charge in [-0.15, -0.1) is 5.10 Å². The molecular formula is C19H21FN8O2. The second-order valence-corrected chi connectivity index (χ2v) is 7.36. The fourth-order valence-electron chi connectivity index (χ4n) is 3.84. The largest absolute Gasteiger partial charge is 0.381 e. The summed E-state index contributed by atoms with van der Waals surface area (Å²) in [6, 6.07) is 2.25. The molecule has 0 aliphatic carbocycles. The highest BCUT2D eigenvalue weighted by atomic mass is 19.1. The minimum absolute atomic E-state index is 0.0162. The summed E-state index contributed by atoms with van der Waals surface area (Å²) in [6.45, 7) is 5.09. The lowest BCUT2D eigenvalue weighted by molar-refractivity contribution is -0.0660. The number of hydrogen-bond donors (Lipinski definition) is 2. The summed E-state index contributed by atoms with van der Waals surface area (Å²) >= 11 is 0. The maximum atomic E-state index is 13.4. The molecule has 5 heterocycles. The zero-order valence-electron chi connectivity index (χ0n) is 16.2. The number of anilines is 3. The summed E-state index contributed by atoms with van der Waals surface area (Å²) < 4.78 is 19.9. The molecule has 2 fully saturated rings. The predicted molar refractivity (Wildman–Crippen MR) is 108 cm³/mol. The van der Waals surface area contributed by atoms with Crippen LogP contribution in [-0.2, 0) is 4.74 Å². The molecule has 2 saturated heterocycles. The number of fused-ring (bicyclic) bond motifs is 1. The zero-order valence-corrected chi connectivity index (χ0v) is 16.2. The van der Waals surface area contributed by atoms with Gasteiger partial charge in [-0.2, -0.15) is 0 Å². The van der Waals surface area contributed by atoms with E-state index in [9.17, 15) is 9.18 Å². The summed E-state index contributed by atoms with van der Waals surface area (Å²) in [5.74, 6) is -1.04. The highest BCUT2D eigenvalue weighted by molar-refractivity contribution is 6.12. The van der Waals surface area contributed by atoms with Crippen molar-refractivity contribution in [3.8, 4) is 0 Å². The first-order chi connectivity index (χ1) is 14.6. The Labute approximate surface area is 171 Å². The van der Waals surface area contributed by atoms with E-state index in [1.54, 1.807) is 18.5 Å². The van der Waals surface area contributed by atoms with E-state index in [1.807, 2.05) is 0 Å². The summed E-state index contributed by atoms with van der Waals surface area (Å²) in [5, 5.41) is 6.87. The van der Waals surface area contributed by atoms with Crippen molar-refractivity contribution in [2.75, 3.05) is 55.3 Å². The smallest absolute Gasteiger partial charge is 0.263 e. The number of rotatable bonds is 4. The molecule has 2 aliphatic rings. The third-order valence-corrected chi connectivity index (χ3v) is 5.54. The van der Waals surface area contributed by atoms with Gasteiger partial charge >= 0.3 is 0 Å².